The van der Waals surface area contributed by atoms with Crippen molar-refractivity contribution >= 4 is 40.7 Å². The van der Waals surface area contributed by atoms with Crippen LogP contribution in [0.2, 0.25) is 10.0 Å². The molecule has 0 aliphatic heterocycles. The van der Waals surface area contributed by atoms with Gasteiger partial charge in [0.1, 0.15) is 5.75 Å². The number of carbonyl (C=O) groups is 2. The van der Waals surface area contributed by atoms with Crippen molar-refractivity contribution in [3.63, 3.8) is 0 Å². The van der Waals surface area contributed by atoms with Crippen LogP contribution in [0, 0.1) is 0 Å². The Morgan fingerprint density at radius 2 is 1.70 bits per heavy atom. The molecule has 2 amide bonds. The molecule has 2 aromatic carbocycles. The van der Waals surface area contributed by atoms with Gasteiger partial charge < -0.3 is 24.8 Å². The third-order valence-corrected chi connectivity index (χ3v) is 3.94. The zero-order chi connectivity index (χ0) is 19.8. The van der Waals surface area contributed by atoms with E-state index in [2.05, 4.69) is 10.6 Å². The van der Waals surface area contributed by atoms with Crippen molar-refractivity contribution in [1.29, 1.82) is 0 Å². The molecule has 0 bridgehead atoms. The largest absolute Gasteiger partial charge is 0.454 e. The third-order valence-electron chi connectivity index (χ3n) is 3.41. The lowest BCUT2D eigenvalue weighted by atomic mass is 10.2. The van der Waals surface area contributed by atoms with Crippen LogP contribution in [0.15, 0.2) is 42.5 Å². The molecule has 0 saturated carbocycles. The van der Waals surface area contributed by atoms with Crippen molar-refractivity contribution in [2.75, 3.05) is 26.1 Å². The number of halogens is 2. The summed E-state index contributed by atoms with van der Waals surface area (Å²) < 4.78 is 15.6. The predicted molar refractivity (Wildman–Crippen MR) is 102 cm³/mol. The highest BCUT2D eigenvalue weighted by Crippen LogP contribution is 2.34. The molecule has 27 heavy (non-hydrogen) atoms. The second-order valence-corrected chi connectivity index (χ2v) is 6.08. The van der Waals surface area contributed by atoms with Crippen LogP contribution in [0.1, 0.15) is 0 Å². The standard InChI is InChI=1S/C18H18Cl2N2O5/c1-25-16(26-2)10-21-17(23)18(24)22-13-5-3-4-6-15(13)27-14-8-7-11(19)9-12(14)20/h3-9,16H,10H2,1-2H3,(H,21,23)(H,22,24). The van der Waals surface area contributed by atoms with Crippen molar-refractivity contribution in [3.05, 3.63) is 52.5 Å². The normalized spacial score (nSPS) is 10.6. The summed E-state index contributed by atoms with van der Waals surface area (Å²) in [7, 11) is 2.85. The molecule has 9 heteroatoms. The lowest BCUT2D eigenvalue weighted by molar-refractivity contribution is -0.139. The highest BCUT2D eigenvalue weighted by molar-refractivity contribution is 6.39. The third kappa shape index (κ3) is 6.11. The Morgan fingerprint density at radius 1 is 1.00 bits per heavy atom. The van der Waals surface area contributed by atoms with Gasteiger partial charge in [0, 0.05) is 19.2 Å². The molecule has 0 aromatic heterocycles. The van der Waals surface area contributed by atoms with Gasteiger partial charge in [0.15, 0.2) is 12.0 Å². The summed E-state index contributed by atoms with van der Waals surface area (Å²) in [5, 5.41) is 5.69. The topological polar surface area (TPSA) is 85.9 Å². The monoisotopic (exact) mass is 412 g/mol. The van der Waals surface area contributed by atoms with Crippen LogP contribution in [0.4, 0.5) is 5.69 Å². The summed E-state index contributed by atoms with van der Waals surface area (Å²) >= 11 is 12.0. The van der Waals surface area contributed by atoms with Crippen LogP contribution in [0.5, 0.6) is 11.5 Å². The van der Waals surface area contributed by atoms with E-state index in [1.165, 1.54) is 20.3 Å². The van der Waals surface area contributed by atoms with E-state index in [1.807, 2.05) is 0 Å². The zero-order valence-corrected chi connectivity index (χ0v) is 16.1. The van der Waals surface area contributed by atoms with E-state index in [4.69, 9.17) is 37.4 Å². The lowest BCUT2D eigenvalue weighted by Crippen LogP contribution is -2.40. The summed E-state index contributed by atoms with van der Waals surface area (Å²) in [6, 6.07) is 11.4. The van der Waals surface area contributed by atoms with Crippen molar-refractivity contribution in [2.24, 2.45) is 0 Å². The second-order valence-electron chi connectivity index (χ2n) is 5.24. The minimum Gasteiger partial charge on any atom is -0.454 e. The summed E-state index contributed by atoms with van der Waals surface area (Å²) in [4.78, 5) is 24.0. The van der Waals surface area contributed by atoms with Crippen LogP contribution < -0.4 is 15.4 Å². The molecular weight excluding hydrogens is 395 g/mol. The Kier molecular flexibility index (Phi) is 7.87. The quantitative estimate of drug-likeness (QED) is 0.537. The summed E-state index contributed by atoms with van der Waals surface area (Å²) in [6.07, 6.45) is -0.649. The van der Waals surface area contributed by atoms with Crippen molar-refractivity contribution in [1.82, 2.24) is 5.32 Å². The summed E-state index contributed by atoms with van der Waals surface area (Å²) in [5.74, 6) is -1.03. The fraction of sp³-hybridized carbons (Fsp3) is 0.222. The molecule has 144 valence electrons. The number of hydrogen-bond donors (Lipinski definition) is 2. The first kappa shape index (κ1) is 21.0. The average Bonchev–Trinajstić information content (AvgIpc) is 2.66. The maximum atomic E-state index is 12.1. The van der Waals surface area contributed by atoms with Crippen LogP contribution in [-0.2, 0) is 19.1 Å². The first-order valence-electron chi connectivity index (χ1n) is 7.81. The average molecular weight is 413 g/mol. The fourth-order valence-electron chi connectivity index (χ4n) is 2.03. The van der Waals surface area contributed by atoms with Gasteiger partial charge in [-0.1, -0.05) is 35.3 Å². The number of rotatable bonds is 7. The summed E-state index contributed by atoms with van der Waals surface area (Å²) in [5.41, 5.74) is 0.304. The molecule has 0 spiro atoms. The first-order chi connectivity index (χ1) is 12.9. The van der Waals surface area contributed by atoms with E-state index in [1.54, 1.807) is 36.4 Å². The number of methoxy groups -OCH3 is 2. The van der Waals surface area contributed by atoms with E-state index in [9.17, 15) is 9.59 Å². The number of ether oxygens (including phenoxy) is 3. The van der Waals surface area contributed by atoms with Crippen molar-refractivity contribution in [3.8, 4) is 11.5 Å². The van der Waals surface area contributed by atoms with Crippen LogP contribution >= 0.6 is 23.2 Å². The molecule has 2 aromatic rings. The van der Waals surface area contributed by atoms with Crippen molar-refractivity contribution in [2.45, 2.75) is 6.29 Å². The highest BCUT2D eigenvalue weighted by atomic mass is 35.5. The van der Waals surface area contributed by atoms with Gasteiger partial charge in [-0.15, -0.1) is 0 Å². The molecule has 0 heterocycles. The number of amides is 2. The second kappa shape index (κ2) is 10.1. The minimum absolute atomic E-state index is 0.0256. The van der Waals surface area contributed by atoms with Gasteiger partial charge in [0.05, 0.1) is 17.3 Å². The molecule has 0 atom stereocenters. The van der Waals surface area contributed by atoms with E-state index >= 15 is 0 Å². The number of nitrogens with one attached hydrogen (secondary N) is 2. The molecule has 0 saturated heterocycles. The lowest BCUT2D eigenvalue weighted by Gasteiger charge is -2.15. The number of para-hydroxylation sites is 2. The number of anilines is 1. The van der Waals surface area contributed by atoms with Gasteiger partial charge in [-0.25, -0.2) is 0 Å². The minimum atomic E-state index is -0.862. The Hall–Kier alpha value is -2.32. The Balaban J connectivity index is 2.06. The molecule has 0 radical (unpaired) electrons. The van der Waals surface area contributed by atoms with Crippen LogP contribution in [-0.4, -0.2) is 38.9 Å². The van der Waals surface area contributed by atoms with Gasteiger partial charge in [-0.05, 0) is 30.3 Å². The van der Waals surface area contributed by atoms with Gasteiger partial charge in [0.25, 0.3) is 0 Å². The maximum Gasteiger partial charge on any atom is 0.313 e. The summed E-state index contributed by atoms with van der Waals surface area (Å²) in [6.45, 7) is 0.0256. The molecule has 2 N–H and O–H groups in total. The van der Waals surface area contributed by atoms with Gasteiger partial charge >= 0.3 is 11.8 Å². The zero-order valence-electron chi connectivity index (χ0n) is 14.6. The van der Waals surface area contributed by atoms with E-state index < -0.39 is 18.1 Å². The fourth-order valence-corrected chi connectivity index (χ4v) is 2.48. The SMILES string of the molecule is COC(CNC(=O)C(=O)Nc1ccccc1Oc1ccc(Cl)cc1Cl)OC. The molecule has 0 unspecified atom stereocenters. The van der Waals surface area contributed by atoms with Crippen LogP contribution in [0.3, 0.4) is 0 Å². The highest BCUT2D eigenvalue weighted by Gasteiger charge is 2.18. The molecule has 0 aliphatic carbocycles. The van der Waals surface area contributed by atoms with E-state index in [0.29, 0.717) is 27.2 Å². The number of benzene rings is 2. The molecule has 0 aliphatic rings. The molecule has 0 fully saturated rings. The Bertz CT molecular complexity index is 812. The molecule has 7 nitrogen and oxygen atoms in total. The van der Waals surface area contributed by atoms with Crippen LogP contribution in [0.25, 0.3) is 0 Å². The Labute approximate surface area is 166 Å². The number of hydrogen-bond acceptors (Lipinski definition) is 5. The Morgan fingerprint density at radius 3 is 2.37 bits per heavy atom. The van der Waals surface area contributed by atoms with E-state index in [-0.39, 0.29) is 6.54 Å². The smallest absolute Gasteiger partial charge is 0.313 e. The van der Waals surface area contributed by atoms with Crippen molar-refractivity contribution < 1.29 is 23.8 Å². The molecular formula is C18H18Cl2N2O5. The predicted octanol–water partition coefficient (Wildman–Crippen LogP) is 3.46. The van der Waals surface area contributed by atoms with Gasteiger partial charge in [0.2, 0.25) is 0 Å². The molecule has 2 rings (SSSR count). The van der Waals surface area contributed by atoms with Gasteiger partial charge in [-0.2, -0.15) is 0 Å². The first-order valence-corrected chi connectivity index (χ1v) is 8.57. The van der Waals surface area contributed by atoms with E-state index in [0.717, 1.165) is 0 Å². The number of carbonyl (C=O) groups excluding carboxylic acids is 2. The maximum absolute atomic E-state index is 12.1. The van der Waals surface area contributed by atoms with Gasteiger partial charge in [-0.3, -0.25) is 9.59 Å².